The molecular weight excluding hydrogens is 201 g/mol. The Morgan fingerprint density at radius 2 is 2.17 bits per heavy atom. The molecule has 66 valence electrons. The van der Waals surface area contributed by atoms with Crippen molar-refractivity contribution in [3.63, 3.8) is 0 Å². The van der Waals surface area contributed by atoms with Gasteiger partial charge in [0.15, 0.2) is 0 Å². The molecule has 0 fully saturated rings. The number of hydrogen-bond donors (Lipinski definition) is 2. The lowest BCUT2D eigenvalue weighted by Crippen LogP contribution is -2.06. The molecule has 3 N–H and O–H groups in total. The lowest BCUT2D eigenvalue weighted by Gasteiger charge is -2.01. The van der Waals surface area contributed by atoms with E-state index in [9.17, 15) is 4.91 Å². The number of hydrazine groups is 1. The van der Waals surface area contributed by atoms with Gasteiger partial charge in [0.1, 0.15) is 5.69 Å². The minimum atomic E-state index is 0. The number of nitrogen functional groups attached to an aromatic ring is 1. The van der Waals surface area contributed by atoms with Gasteiger partial charge >= 0.3 is 0 Å². The molecule has 0 heterocycles. The summed E-state index contributed by atoms with van der Waals surface area (Å²) in [6.45, 7) is 0. The van der Waals surface area contributed by atoms with Crippen molar-refractivity contribution in [2.75, 3.05) is 5.43 Å². The summed E-state index contributed by atoms with van der Waals surface area (Å²) < 4.78 is 0. The van der Waals surface area contributed by atoms with Gasteiger partial charge in [-0.2, -0.15) is 0 Å². The quantitative estimate of drug-likeness (QED) is 0.445. The molecule has 4 nitrogen and oxygen atoms in total. The smallest absolute Gasteiger partial charge is 0.132 e. The summed E-state index contributed by atoms with van der Waals surface area (Å²) >= 11 is 5.61. The van der Waals surface area contributed by atoms with E-state index < -0.39 is 0 Å². The van der Waals surface area contributed by atoms with Crippen LogP contribution in [0.15, 0.2) is 23.4 Å². The van der Waals surface area contributed by atoms with E-state index in [2.05, 4.69) is 10.6 Å². The minimum Gasteiger partial charge on any atom is -0.322 e. The molecule has 0 aliphatic rings. The van der Waals surface area contributed by atoms with E-state index in [1.807, 2.05) is 0 Å². The van der Waals surface area contributed by atoms with Crippen LogP contribution < -0.4 is 11.3 Å². The SMILES string of the molecule is Cl.NNc1cc(Cl)ccc1N=O. The monoisotopic (exact) mass is 207 g/mol. The van der Waals surface area contributed by atoms with Crippen molar-refractivity contribution >= 4 is 35.4 Å². The number of nitrogens with zero attached hydrogens (tertiary/aromatic N) is 1. The van der Waals surface area contributed by atoms with Crippen LogP contribution in [0.3, 0.4) is 0 Å². The number of nitrogens with two attached hydrogens (primary N) is 1. The molecule has 0 amide bonds. The second kappa shape index (κ2) is 4.92. The molecule has 1 aromatic carbocycles. The van der Waals surface area contributed by atoms with Crippen molar-refractivity contribution in [1.82, 2.24) is 0 Å². The van der Waals surface area contributed by atoms with E-state index in [4.69, 9.17) is 17.4 Å². The molecule has 6 heteroatoms. The third-order valence-electron chi connectivity index (χ3n) is 1.21. The van der Waals surface area contributed by atoms with Crippen LogP contribution in [0.25, 0.3) is 0 Å². The lowest BCUT2D eigenvalue weighted by molar-refractivity contribution is 1.33. The molecule has 0 saturated carbocycles. The average Bonchev–Trinajstić information content (AvgIpc) is 2.04. The first kappa shape index (κ1) is 11.2. The molecule has 0 atom stereocenters. The Hall–Kier alpha value is -0.840. The maximum atomic E-state index is 10.1. The summed E-state index contributed by atoms with van der Waals surface area (Å²) in [5.41, 5.74) is 2.98. The van der Waals surface area contributed by atoms with Crippen molar-refractivity contribution in [3.8, 4) is 0 Å². The van der Waals surface area contributed by atoms with Gasteiger partial charge in [-0.1, -0.05) is 11.6 Å². The van der Waals surface area contributed by atoms with Crippen LogP contribution in [-0.2, 0) is 0 Å². The molecule has 0 saturated heterocycles. The van der Waals surface area contributed by atoms with Crippen molar-refractivity contribution in [2.45, 2.75) is 0 Å². The highest BCUT2D eigenvalue weighted by Gasteiger charge is 2.00. The molecule has 1 rings (SSSR count). The zero-order valence-corrected chi connectivity index (χ0v) is 7.52. The highest BCUT2D eigenvalue weighted by molar-refractivity contribution is 6.31. The number of halogens is 2. The maximum Gasteiger partial charge on any atom is 0.132 e. The van der Waals surface area contributed by atoms with Crippen LogP contribution >= 0.6 is 24.0 Å². The van der Waals surface area contributed by atoms with Gasteiger partial charge in [-0.25, -0.2) is 0 Å². The molecular formula is C6H7Cl2N3O. The van der Waals surface area contributed by atoms with Gasteiger partial charge in [0.05, 0.1) is 5.69 Å². The molecule has 0 aromatic heterocycles. The first-order chi connectivity index (χ1) is 5.27. The summed E-state index contributed by atoms with van der Waals surface area (Å²) in [4.78, 5) is 10.1. The zero-order chi connectivity index (χ0) is 8.27. The van der Waals surface area contributed by atoms with E-state index in [-0.39, 0.29) is 18.1 Å². The van der Waals surface area contributed by atoms with Gasteiger partial charge in [0.2, 0.25) is 0 Å². The predicted molar refractivity (Wildman–Crippen MR) is 52.0 cm³/mol. The van der Waals surface area contributed by atoms with Crippen LogP contribution in [-0.4, -0.2) is 0 Å². The zero-order valence-electron chi connectivity index (χ0n) is 5.95. The first-order valence-corrected chi connectivity index (χ1v) is 3.25. The van der Waals surface area contributed by atoms with Gasteiger partial charge in [0, 0.05) is 5.02 Å². The average molecular weight is 208 g/mol. The molecule has 0 aliphatic heterocycles. The van der Waals surface area contributed by atoms with E-state index in [1.54, 1.807) is 6.07 Å². The highest BCUT2D eigenvalue weighted by atomic mass is 35.5. The van der Waals surface area contributed by atoms with Crippen LogP contribution in [0, 0.1) is 4.91 Å². The number of nitrogens with one attached hydrogen (secondary N) is 1. The van der Waals surface area contributed by atoms with Crippen LogP contribution in [0.5, 0.6) is 0 Å². The third kappa shape index (κ3) is 2.34. The fraction of sp³-hybridized carbons (Fsp3) is 0. The van der Waals surface area contributed by atoms with E-state index in [0.29, 0.717) is 10.7 Å². The predicted octanol–water partition coefficient (Wildman–Crippen LogP) is 2.45. The van der Waals surface area contributed by atoms with Crippen molar-refractivity contribution in [3.05, 3.63) is 28.1 Å². The molecule has 0 radical (unpaired) electrons. The van der Waals surface area contributed by atoms with Gasteiger partial charge in [-0.3, -0.25) is 5.84 Å². The molecule has 12 heavy (non-hydrogen) atoms. The topological polar surface area (TPSA) is 67.5 Å². The standard InChI is InChI=1S/C6H6ClN3O.ClH/c7-4-1-2-5(10-11)6(3-4)9-8;/h1-3,9H,8H2;1H. The molecule has 0 unspecified atom stereocenters. The Morgan fingerprint density at radius 1 is 1.50 bits per heavy atom. The molecule has 0 bridgehead atoms. The Bertz CT molecular complexity index is 279. The number of anilines is 1. The number of benzene rings is 1. The van der Waals surface area contributed by atoms with Gasteiger partial charge in [-0.05, 0) is 23.4 Å². The second-order valence-corrected chi connectivity index (χ2v) is 2.33. The van der Waals surface area contributed by atoms with Crippen molar-refractivity contribution < 1.29 is 0 Å². The summed E-state index contributed by atoms with van der Waals surface area (Å²) in [6, 6.07) is 4.59. The largest absolute Gasteiger partial charge is 0.322 e. The van der Waals surface area contributed by atoms with Crippen molar-refractivity contribution in [2.24, 2.45) is 11.0 Å². The minimum absolute atomic E-state index is 0. The second-order valence-electron chi connectivity index (χ2n) is 1.90. The van der Waals surface area contributed by atoms with E-state index in [1.165, 1.54) is 12.1 Å². The van der Waals surface area contributed by atoms with Crippen LogP contribution in [0.4, 0.5) is 11.4 Å². The summed E-state index contributed by atoms with van der Waals surface area (Å²) in [5.74, 6) is 5.09. The normalized spacial score (nSPS) is 8.50. The number of nitroso groups, excluding NO2 is 1. The Labute approximate surface area is 80.4 Å². The fourth-order valence-electron chi connectivity index (χ4n) is 0.703. The van der Waals surface area contributed by atoms with Gasteiger partial charge in [0.25, 0.3) is 0 Å². The van der Waals surface area contributed by atoms with E-state index >= 15 is 0 Å². The molecule has 1 aromatic rings. The Kier molecular flexibility index (Phi) is 4.58. The molecule has 0 aliphatic carbocycles. The third-order valence-corrected chi connectivity index (χ3v) is 1.45. The first-order valence-electron chi connectivity index (χ1n) is 2.87. The summed E-state index contributed by atoms with van der Waals surface area (Å²) in [5, 5.41) is 3.24. The van der Waals surface area contributed by atoms with E-state index in [0.717, 1.165) is 0 Å². The Morgan fingerprint density at radius 3 is 2.67 bits per heavy atom. The lowest BCUT2D eigenvalue weighted by atomic mass is 10.3. The number of rotatable bonds is 2. The van der Waals surface area contributed by atoms with Gasteiger partial charge < -0.3 is 5.43 Å². The summed E-state index contributed by atoms with van der Waals surface area (Å²) in [7, 11) is 0. The fourth-order valence-corrected chi connectivity index (χ4v) is 0.876. The Balaban J connectivity index is 0.00000121. The number of hydrogen-bond acceptors (Lipinski definition) is 4. The van der Waals surface area contributed by atoms with Gasteiger partial charge in [-0.15, -0.1) is 17.3 Å². The highest BCUT2D eigenvalue weighted by Crippen LogP contribution is 2.26. The summed E-state index contributed by atoms with van der Waals surface area (Å²) in [6.07, 6.45) is 0. The van der Waals surface area contributed by atoms with Crippen LogP contribution in [0.1, 0.15) is 0 Å². The van der Waals surface area contributed by atoms with Crippen LogP contribution in [0.2, 0.25) is 5.02 Å². The van der Waals surface area contributed by atoms with Crippen molar-refractivity contribution in [1.29, 1.82) is 0 Å². The molecule has 0 spiro atoms. The maximum absolute atomic E-state index is 10.1.